The van der Waals surface area contributed by atoms with Crippen LogP contribution in [0.4, 0.5) is 0 Å². The maximum Gasteiger partial charge on any atom is 0.313 e. The minimum atomic E-state index is -0.685. The molecule has 18 heavy (non-hydrogen) atoms. The number of carbonyl (C=O) groups is 1. The van der Waals surface area contributed by atoms with Gasteiger partial charge in [0.2, 0.25) is 0 Å². The van der Waals surface area contributed by atoms with Gasteiger partial charge in [0.1, 0.15) is 5.41 Å². The minimum Gasteiger partial charge on any atom is -0.481 e. The highest BCUT2D eigenvalue weighted by molar-refractivity contribution is 5.75. The van der Waals surface area contributed by atoms with Gasteiger partial charge in [-0.3, -0.25) is 4.79 Å². The van der Waals surface area contributed by atoms with Crippen LogP contribution in [-0.2, 0) is 9.53 Å². The van der Waals surface area contributed by atoms with Gasteiger partial charge in [0.25, 0.3) is 0 Å². The van der Waals surface area contributed by atoms with Gasteiger partial charge in [-0.05, 0) is 37.6 Å². The largest absolute Gasteiger partial charge is 0.481 e. The van der Waals surface area contributed by atoms with Crippen molar-refractivity contribution in [3.05, 3.63) is 0 Å². The number of carboxylic acids is 1. The molecule has 2 saturated heterocycles. The van der Waals surface area contributed by atoms with Gasteiger partial charge in [0.05, 0.1) is 6.61 Å². The van der Waals surface area contributed by atoms with Crippen LogP contribution in [-0.4, -0.2) is 48.8 Å². The van der Waals surface area contributed by atoms with Gasteiger partial charge in [-0.2, -0.15) is 0 Å². The lowest BCUT2D eigenvalue weighted by atomic mass is 9.82. The molecule has 0 aromatic heterocycles. The third-order valence-corrected chi connectivity index (χ3v) is 4.55. The summed E-state index contributed by atoms with van der Waals surface area (Å²) in [6.45, 7) is 8.35. The lowest BCUT2D eigenvalue weighted by Crippen LogP contribution is -2.48. The maximum absolute atomic E-state index is 11.6. The van der Waals surface area contributed by atoms with Crippen LogP contribution >= 0.6 is 0 Å². The van der Waals surface area contributed by atoms with Crippen molar-refractivity contribution in [2.75, 3.05) is 32.8 Å². The van der Waals surface area contributed by atoms with Gasteiger partial charge in [-0.1, -0.05) is 13.8 Å². The van der Waals surface area contributed by atoms with E-state index >= 15 is 0 Å². The zero-order valence-electron chi connectivity index (χ0n) is 11.5. The third-order valence-electron chi connectivity index (χ3n) is 4.55. The molecular formula is C14H25NO3. The molecule has 2 fully saturated rings. The predicted molar refractivity (Wildman–Crippen MR) is 69.5 cm³/mol. The molecule has 0 radical (unpaired) electrons. The molecule has 0 amide bonds. The minimum absolute atomic E-state index is 0.380. The van der Waals surface area contributed by atoms with Crippen molar-refractivity contribution in [1.29, 1.82) is 0 Å². The van der Waals surface area contributed by atoms with Crippen LogP contribution < -0.4 is 0 Å². The van der Waals surface area contributed by atoms with Crippen molar-refractivity contribution in [2.24, 2.45) is 17.3 Å². The Morgan fingerprint density at radius 3 is 2.83 bits per heavy atom. The Morgan fingerprint density at radius 1 is 1.56 bits per heavy atom. The number of rotatable bonds is 4. The van der Waals surface area contributed by atoms with E-state index in [0.29, 0.717) is 25.7 Å². The van der Waals surface area contributed by atoms with Crippen molar-refractivity contribution in [3.8, 4) is 0 Å². The highest BCUT2D eigenvalue weighted by atomic mass is 16.5. The molecule has 0 bridgehead atoms. The molecule has 0 saturated carbocycles. The lowest BCUT2D eigenvalue weighted by molar-refractivity contribution is -0.159. The number of aliphatic carboxylic acids is 1. The fourth-order valence-corrected chi connectivity index (χ4v) is 3.19. The first kappa shape index (κ1) is 13.8. The summed E-state index contributed by atoms with van der Waals surface area (Å²) in [7, 11) is 0. The van der Waals surface area contributed by atoms with E-state index in [1.54, 1.807) is 0 Å². The number of nitrogens with zero attached hydrogens (tertiary/aromatic N) is 1. The summed E-state index contributed by atoms with van der Waals surface area (Å²) in [5, 5.41) is 9.52. The zero-order chi connectivity index (χ0) is 13.2. The quantitative estimate of drug-likeness (QED) is 0.833. The van der Waals surface area contributed by atoms with Crippen LogP contribution in [0.25, 0.3) is 0 Å². The number of likely N-dealkylation sites (tertiary alicyclic amines) is 1. The van der Waals surface area contributed by atoms with E-state index in [2.05, 4.69) is 18.7 Å². The second-order valence-electron chi connectivity index (χ2n) is 6.27. The molecule has 0 spiro atoms. The highest BCUT2D eigenvalue weighted by Gasteiger charge is 2.43. The molecule has 2 rings (SSSR count). The monoisotopic (exact) mass is 255 g/mol. The van der Waals surface area contributed by atoms with E-state index in [0.717, 1.165) is 31.8 Å². The van der Waals surface area contributed by atoms with Gasteiger partial charge >= 0.3 is 5.97 Å². The summed E-state index contributed by atoms with van der Waals surface area (Å²) in [6, 6.07) is 0. The van der Waals surface area contributed by atoms with Crippen LogP contribution in [0.3, 0.4) is 0 Å². The van der Waals surface area contributed by atoms with Crippen molar-refractivity contribution in [3.63, 3.8) is 0 Å². The van der Waals surface area contributed by atoms with E-state index in [-0.39, 0.29) is 0 Å². The van der Waals surface area contributed by atoms with E-state index < -0.39 is 11.4 Å². The topological polar surface area (TPSA) is 49.8 Å². The molecular weight excluding hydrogens is 230 g/mol. The first-order valence-corrected chi connectivity index (χ1v) is 7.07. The average Bonchev–Trinajstić information content (AvgIpc) is 2.78. The van der Waals surface area contributed by atoms with Gasteiger partial charge in [0, 0.05) is 19.7 Å². The van der Waals surface area contributed by atoms with Gasteiger partial charge in [-0.25, -0.2) is 0 Å². The first-order chi connectivity index (χ1) is 8.53. The normalized spacial score (nSPS) is 34.1. The number of hydrogen-bond acceptors (Lipinski definition) is 3. The molecule has 2 aliphatic heterocycles. The number of hydrogen-bond donors (Lipinski definition) is 1. The first-order valence-electron chi connectivity index (χ1n) is 7.07. The summed E-state index contributed by atoms with van der Waals surface area (Å²) in [5.74, 6) is 0.730. The molecule has 4 nitrogen and oxygen atoms in total. The molecule has 1 N–H and O–H groups in total. The van der Waals surface area contributed by atoms with Crippen molar-refractivity contribution in [1.82, 2.24) is 4.90 Å². The molecule has 0 aromatic carbocycles. The van der Waals surface area contributed by atoms with Crippen molar-refractivity contribution in [2.45, 2.75) is 33.1 Å². The SMILES string of the molecule is CC(C)C1CCN(CC2(C(=O)O)CCCOC2)C1. The second-order valence-corrected chi connectivity index (χ2v) is 6.27. The fourth-order valence-electron chi connectivity index (χ4n) is 3.19. The average molecular weight is 255 g/mol. The summed E-state index contributed by atoms with van der Waals surface area (Å²) >= 11 is 0. The molecule has 4 heteroatoms. The molecule has 2 unspecified atom stereocenters. The number of ether oxygens (including phenoxy) is 1. The summed E-state index contributed by atoms with van der Waals surface area (Å²) in [6.07, 6.45) is 2.83. The molecule has 2 heterocycles. The Hall–Kier alpha value is -0.610. The van der Waals surface area contributed by atoms with Crippen LogP contribution in [0, 0.1) is 17.3 Å². The summed E-state index contributed by atoms with van der Waals surface area (Å²) in [5.41, 5.74) is -0.663. The Kier molecular flexibility index (Phi) is 4.28. The highest BCUT2D eigenvalue weighted by Crippen LogP contribution is 2.33. The van der Waals surface area contributed by atoms with Crippen molar-refractivity contribution < 1.29 is 14.6 Å². The van der Waals surface area contributed by atoms with Crippen LogP contribution in [0.1, 0.15) is 33.1 Å². The van der Waals surface area contributed by atoms with Gasteiger partial charge < -0.3 is 14.7 Å². The standard InChI is InChI=1S/C14H25NO3/c1-11(2)12-4-6-15(8-12)9-14(13(16)17)5-3-7-18-10-14/h11-12H,3-10H2,1-2H3,(H,16,17). The summed E-state index contributed by atoms with van der Waals surface area (Å²) < 4.78 is 5.42. The number of carboxylic acid groups (broad SMARTS) is 1. The Balaban J connectivity index is 1.96. The van der Waals surface area contributed by atoms with Crippen LogP contribution in [0.5, 0.6) is 0 Å². The van der Waals surface area contributed by atoms with E-state index in [1.165, 1.54) is 6.42 Å². The molecule has 0 aliphatic carbocycles. The smallest absolute Gasteiger partial charge is 0.313 e. The molecule has 104 valence electrons. The summed E-state index contributed by atoms with van der Waals surface area (Å²) in [4.78, 5) is 13.9. The van der Waals surface area contributed by atoms with E-state index in [4.69, 9.17) is 4.74 Å². The van der Waals surface area contributed by atoms with Crippen molar-refractivity contribution >= 4 is 5.97 Å². The van der Waals surface area contributed by atoms with Crippen LogP contribution in [0.15, 0.2) is 0 Å². The molecule has 2 aliphatic rings. The van der Waals surface area contributed by atoms with Gasteiger partial charge in [-0.15, -0.1) is 0 Å². The van der Waals surface area contributed by atoms with E-state index in [9.17, 15) is 9.90 Å². The van der Waals surface area contributed by atoms with E-state index in [1.807, 2.05) is 0 Å². The predicted octanol–water partition coefficient (Wildman–Crippen LogP) is 1.85. The zero-order valence-corrected chi connectivity index (χ0v) is 11.5. The lowest BCUT2D eigenvalue weighted by Gasteiger charge is -2.36. The van der Waals surface area contributed by atoms with Gasteiger partial charge in [0.15, 0.2) is 0 Å². The maximum atomic E-state index is 11.6. The fraction of sp³-hybridized carbons (Fsp3) is 0.929. The third kappa shape index (κ3) is 2.86. The Labute approximate surface area is 109 Å². The molecule has 2 atom stereocenters. The molecule has 0 aromatic rings. The Morgan fingerprint density at radius 2 is 2.33 bits per heavy atom. The Bertz CT molecular complexity index is 297. The second kappa shape index (κ2) is 5.57. The van der Waals surface area contributed by atoms with Crippen LogP contribution in [0.2, 0.25) is 0 Å².